The van der Waals surface area contributed by atoms with Gasteiger partial charge in [-0.1, -0.05) is 0 Å². The van der Waals surface area contributed by atoms with Crippen LogP contribution >= 0.6 is 0 Å². The minimum Gasteiger partial charge on any atom is -0.542 e. The second-order valence-corrected chi connectivity index (χ2v) is 2.61. The van der Waals surface area contributed by atoms with Crippen molar-refractivity contribution in [3.63, 3.8) is 0 Å². The van der Waals surface area contributed by atoms with Crippen LogP contribution in [0.4, 0.5) is 0 Å². The summed E-state index contributed by atoms with van der Waals surface area (Å²) in [6, 6.07) is 0. The van der Waals surface area contributed by atoms with E-state index < -0.39 is 23.5 Å². The van der Waals surface area contributed by atoms with Crippen molar-refractivity contribution < 1.29 is 56.0 Å². The molecule has 9 heteroatoms. The van der Waals surface area contributed by atoms with E-state index in [1.807, 2.05) is 0 Å². The van der Waals surface area contributed by atoms with Crippen molar-refractivity contribution in [1.82, 2.24) is 0 Å². The summed E-state index contributed by atoms with van der Waals surface area (Å²) in [5, 5.41) is 18.5. The Morgan fingerprint density at radius 3 is 1.05 bits per heavy atom. The number of carboxylic acids is 2. The fourth-order valence-corrected chi connectivity index (χ4v) is 0.203. The SMILES string of the molecule is CC(=O)C(=O)[O-].CC(=O)C(=O)[O-].CCOC(C)=O.[Cu+2]. The maximum absolute atomic E-state index is 9.82. The van der Waals surface area contributed by atoms with E-state index in [0.717, 1.165) is 13.8 Å². The number of aliphatic carboxylic acids is 2. The molecule has 0 aromatic heterocycles. The Morgan fingerprint density at radius 2 is 1.05 bits per heavy atom. The average Bonchev–Trinajstić information content (AvgIpc) is 2.18. The standard InChI is InChI=1S/C4H8O2.2C3H4O3.Cu/c1-3-6-4(2)5;2*1-2(4)3(5)6;/h3H2,1-2H3;2*1H3,(H,5,6);/q;;;+2/p-2. The Bertz CT molecular complexity index is 275. The maximum atomic E-state index is 9.82. The molecule has 0 unspecified atom stereocenters. The van der Waals surface area contributed by atoms with Crippen LogP contribution in [0.15, 0.2) is 0 Å². The summed E-state index contributed by atoms with van der Waals surface area (Å²) in [4.78, 5) is 47.3. The van der Waals surface area contributed by atoms with Gasteiger partial charge in [-0.15, -0.1) is 0 Å². The number of ether oxygens (including phenoxy) is 1. The van der Waals surface area contributed by atoms with Gasteiger partial charge in [0.25, 0.3) is 0 Å². The quantitative estimate of drug-likeness (QED) is 0.308. The van der Waals surface area contributed by atoms with E-state index in [9.17, 15) is 34.2 Å². The summed E-state index contributed by atoms with van der Waals surface area (Å²) in [6.07, 6.45) is 0. The van der Waals surface area contributed by atoms with Crippen LogP contribution in [-0.2, 0) is 45.8 Å². The number of ketones is 2. The third kappa shape index (κ3) is 38.6. The predicted octanol–water partition coefficient (Wildman–Crippen LogP) is -2.78. The molecule has 1 radical (unpaired) electrons. The molecule has 0 aromatic rings. The molecule has 0 heterocycles. The van der Waals surface area contributed by atoms with Crippen LogP contribution in [0.3, 0.4) is 0 Å². The van der Waals surface area contributed by atoms with Crippen LogP contribution < -0.4 is 10.2 Å². The van der Waals surface area contributed by atoms with Crippen molar-refractivity contribution in [3.05, 3.63) is 0 Å². The number of hydrogen-bond acceptors (Lipinski definition) is 8. The van der Waals surface area contributed by atoms with Gasteiger partial charge in [0.05, 0.1) is 6.61 Å². The van der Waals surface area contributed by atoms with E-state index in [1.165, 1.54) is 6.92 Å². The molecule has 0 amide bonds. The number of carboxylic acid groups (broad SMARTS) is 2. The molecule has 0 aromatic carbocycles. The predicted molar refractivity (Wildman–Crippen MR) is 53.7 cm³/mol. The molecule has 0 aliphatic heterocycles. The molecule has 0 saturated carbocycles. The van der Waals surface area contributed by atoms with Gasteiger partial charge in [0.2, 0.25) is 0 Å². The van der Waals surface area contributed by atoms with E-state index in [4.69, 9.17) is 0 Å². The van der Waals surface area contributed by atoms with Crippen molar-refractivity contribution in [2.24, 2.45) is 0 Å². The van der Waals surface area contributed by atoms with Gasteiger partial charge in [-0.25, -0.2) is 0 Å². The Hall–Kier alpha value is -1.73. The minimum atomic E-state index is -1.63. The number of carbonyl (C=O) groups excluding carboxylic acids is 5. The minimum absolute atomic E-state index is 0. The second-order valence-electron chi connectivity index (χ2n) is 2.61. The second kappa shape index (κ2) is 16.3. The Labute approximate surface area is 120 Å². The van der Waals surface area contributed by atoms with Crippen LogP contribution in [0, 0.1) is 0 Å². The molecule has 0 bridgehead atoms. The number of carbonyl (C=O) groups is 5. The number of rotatable bonds is 3. The first-order chi connectivity index (χ1) is 8.06. The smallest absolute Gasteiger partial charge is 0.542 e. The third-order valence-electron chi connectivity index (χ3n) is 0.923. The summed E-state index contributed by atoms with van der Waals surface area (Å²) >= 11 is 0. The molecule has 19 heavy (non-hydrogen) atoms. The van der Waals surface area contributed by atoms with Crippen molar-refractivity contribution in [3.8, 4) is 0 Å². The molecular formula is C10H14CuO8. The zero-order valence-corrected chi connectivity index (χ0v) is 11.7. The molecule has 0 spiro atoms. The third-order valence-corrected chi connectivity index (χ3v) is 0.923. The summed E-state index contributed by atoms with van der Waals surface area (Å²) in [5.74, 6) is -5.34. The Balaban J connectivity index is -0.0000000865. The summed E-state index contributed by atoms with van der Waals surface area (Å²) < 4.78 is 4.40. The van der Waals surface area contributed by atoms with Crippen LogP contribution in [0.2, 0.25) is 0 Å². The van der Waals surface area contributed by atoms with Crippen LogP contribution in [0.1, 0.15) is 27.7 Å². The molecule has 0 aliphatic carbocycles. The fourth-order valence-electron chi connectivity index (χ4n) is 0.203. The van der Waals surface area contributed by atoms with E-state index in [-0.39, 0.29) is 23.0 Å². The van der Waals surface area contributed by atoms with Gasteiger partial charge >= 0.3 is 23.0 Å². The van der Waals surface area contributed by atoms with Gasteiger partial charge < -0.3 is 24.5 Å². The summed E-state index contributed by atoms with van der Waals surface area (Å²) in [7, 11) is 0. The van der Waals surface area contributed by atoms with E-state index in [0.29, 0.717) is 6.61 Å². The number of Topliss-reactive ketones (excluding diaryl/α,β-unsaturated/α-hetero) is 2. The topological polar surface area (TPSA) is 141 Å². The Kier molecular flexibility index (Phi) is 22.2. The molecular weight excluding hydrogens is 312 g/mol. The molecule has 8 nitrogen and oxygen atoms in total. The van der Waals surface area contributed by atoms with Gasteiger partial charge in [-0.05, 0) is 6.92 Å². The monoisotopic (exact) mass is 325 g/mol. The van der Waals surface area contributed by atoms with Crippen molar-refractivity contribution >= 4 is 29.5 Å². The molecule has 0 aliphatic rings. The van der Waals surface area contributed by atoms with Gasteiger partial charge in [-0.3, -0.25) is 14.4 Å². The first-order valence-corrected chi connectivity index (χ1v) is 4.63. The van der Waals surface area contributed by atoms with Crippen LogP contribution in [0.25, 0.3) is 0 Å². The van der Waals surface area contributed by atoms with Crippen molar-refractivity contribution in [2.75, 3.05) is 6.61 Å². The zero-order chi connectivity index (χ0) is 15.3. The average molecular weight is 326 g/mol. The Morgan fingerprint density at radius 1 is 0.842 bits per heavy atom. The first kappa shape index (κ1) is 26.0. The van der Waals surface area contributed by atoms with Gasteiger partial charge in [-0.2, -0.15) is 0 Å². The van der Waals surface area contributed by atoms with Crippen molar-refractivity contribution in [1.29, 1.82) is 0 Å². The zero-order valence-electron chi connectivity index (χ0n) is 10.8. The molecule has 0 rings (SSSR count). The molecule has 113 valence electrons. The first-order valence-electron chi connectivity index (χ1n) is 4.63. The van der Waals surface area contributed by atoms with Gasteiger partial charge in [0, 0.05) is 20.8 Å². The normalized spacial score (nSPS) is 7.16. The number of hydrogen-bond donors (Lipinski definition) is 0. The molecule has 0 fully saturated rings. The van der Waals surface area contributed by atoms with Crippen LogP contribution in [-0.4, -0.2) is 36.1 Å². The fraction of sp³-hybridized carbons (Fsp3) is 0.500. The van der Waals surface area contributed by atoms with Crippen LogP contribution in [0.5, 0.6) is 0 Å². The number of esters is 1. The van der Waals surface area contributed by atoms with E-state index >= 15 is 0 Å². The van der Waals surface area contributed by atoms with E-state index in [1.54, 1.807) is 6.92 Å². The van der Waals surface area contributed by atoms with E-state index in [2.05, 4.69) is 4.74 Å². The van der Waals surface area contributed by atoms with Gasteiger partial charge in [0.1, 0.15) is 11.9 Å². The molecule has 0 saturated heterocycles. The summed E-state index contributed by atoms with van der Waals surface area (Å²) in [6.45, 7) is 5.53. The van der Waals surface area contributed by atoms with Gasteiger partial charge in [0.15, 0.2) is 11.6 Å². The largest absolute Gasteiger partial charge is 2.00 e. The molecule has 0 N–H and O–H groups in total. The summed E-state index contributed by atoms with van der Waals surface area (Å²) in [5.41, 5.74) is 0. The molecule has 0 atom stereocenters. The van der Waals surface area contributed by atoms with Crippen molar-refractivity contribution in [2.45, 2.75) is 27.7 Å². The maximum Gasteiger partial charge on any atom is 2.00 e.